The van der Waals surface area contributed by atoms with Crippen LogP contribution in [-0.2, 0) is 22.5 Å². The van der Waals surface area contributed by atoms with Crippen LogP contribution in [0.5, 0.6) is 0 Å². The lowest BCUT2D eigenvalue weighted by atomic mass is 10.1. The molecule has 0 bridgehead atoms. The molecule has 0 saturated heterocycles. The summed E-state index contributed by atoms with van der Waals surface area (Å²) in [6, 6.07) is 11.5. The van der Waals surface area contributed by atoms with Crippen LogP contribution in [0.3, 0.4) is 0 Å². The topological polar surface area (TPSA) is 141 Å². The first-order valence-electron chi connectivity index (χ1n) is 12.5. The minimum absolute atomic E-state index is 0.0653. The number of aromatic nitrogens is 5. The minimum atomic E-state index is -0.879. The molecule has 1 aliphatic carbocycles. The van der Waals surface area contributed by atoms with Gasteiger partial charge in [-0.15, -0.1) is 0 Å². The predicted molar refractivity (Wildman–Crippen MR) is 140 cm³/mol. The number of ether oxygens (including phenoxy) is 1. The van der Waals surface area contributed by atoms with Crippen LogP contribution in [0.2, 0.25) is 0 Å². The highest BCUT2D eigenvalue weighted by atomic mass is 16.5. The van der Waals surface area contributed by atoms with Gasteiger partial charge in [-0.3, -0.25) is 23.7 Å². The van der Waals surface area contributed by atoms with Gasteiger partial charge in [-0.05, 0) is 37.0 Å². The fourth-order valence-electron chi connectivity index (χ4n) is 4.44. The maximum absolute atomic E-state index is 13.1. The molecule has 2 N–H and O–H groups in total. The van der Waals surface area contributed by atoms with E-state index in [9.17, 15) is 19.2 Å². The van der Waals surface area contributed by atoms with Crippen molar-refractivity contribution < 1.29 is 14.3 Å². The van der Waals surface area contributed by atoms with Crippen LogP contribution in [0, 0.1) is 0 Å². The van der Waals surface area contributed by atoms with E-state index in [-0.39, 0.29) is 34.9 Å². The maximum atomic E-state index is 13.1. The number of rotatable bonds is 9. The molecule has 1 aliphatic rings. The van der Waals surface area contributed by atoms with E-state index in [4.69, 9.17) is 4.74 Å². The van der Waals surface area contributed by atoms with Crippen molar-refractivity contribution in [2.75, 3.05) is 7.11 Å². The molecule has 3 heterocycles. The molecule has 1 fully saturated rings. The molecule has 1 aromatic carbocycles. The molecule has 4 aromatic rings. The van der Waals surface area contributed by atoms with Gasteiger partial charge in [-0.25, -0.2) is 14.6 Å². The first-order chi connectivity index (χ1) is 18.4. The van der Waals surface area contributed by atoms with E-state index in [2.05, 4.69) is 20.3 Å². The number of fused-ring (bicyclic) bond motifs is 1. The second-order valence-corrected chi connectivity index (χ2v) is 9.30. The summed E-state index contributed by atoms with van der Waals surface area (Å²) in [6.07, 6.45) is 4.06. The quantitative estimate of drug-likeness (QED) is 0.325. The van der Waals surface area contributed by atoms with Crippen molar-refractivity contribution in [3.05, 3.63) is 80.8 Å². The molecule has 11 heteroatoms. The third kappa shape index (κ3) is 4.86. The van der Waals surface area contributed by atoms with Gasteiger partial charge in [0, 0.05) is 30.8 Å². The van der Waals surface area contributed by atoms with Crippen LogP contribution in [-0.4, -0.2) is 49.1 Å². The van der Waals surface area contributed by atoms with Crippen molar-refractivity contribution in [3.63, 3.8) is 0 Å². The van der Waals surface area contributed by atoms with E-state index in [0.717, 1.165) is 18.4 Å². The summed E-state index contributed by atoms with van der Waals surface area (Å²) in [4.78, 5) is 63.1. The Balaban J connectivity index is 1.41. The number of carbonyl (C=O) groups is 2. The third-order valence-electron chi connectivity index (χ3n) is 6.51. The number of nitrogens with one attached hydrogen (secondary N) is 2. The molecule has 5 rings (SSSR count). The van der Waals surface area contributed by atoms with E-state index in [1.165, 1.54) is 28.5 Å². The number of H-pyrrole nitrogens is 1. The Hall–Kier alpha value is -4.54. The van der Waals surface area contributed by atoms with Gasteiger partial charge in [0.1, 0.15) is 23.1 Å². The summed E-state index contributed by atoms with van der Waals surface area (Å²) in [6.45, 7) is 2.39. The van der Waals surface area contributed by atoms with Gasteiger partial charge >= 0.3 is 11.7 Å². The lowest BCUT2D eigenvalue weighted by Gasteiger charge is -2.16. The van der Waals surface area contributed by atoms with Crippen LogP contribution in [0.4, 0.5) is 0 Å². The third-order valence-corrected chi connectivity index (χ3v) is 6.51. The van der Waals surface area contributed by atoms with Crippen molar-refractivity contribution in [1.82, 2.24) is 29.4 Å². The van der Waals surface area contributed by atoms with E-state index in [0.29, 0.717) is 30.0 Å². The van der Waals surface area contributed by atoms with Gasteiger partial charge in [-0.2, -0.15) is 0 Å². The van der Waals surface area contributed by atoms with Crippen molar-refractivity contribution in [3.8, 4) is 11.4 Å². The number of esters is 1. The number of methoxy groups -OCH3 is 1. The molecule has 196 valence electrons. The SMILES string of the molecule is CCCn1c(=O)n(C2CC2)c(=O)c2[nH]c(-c3ccc(C(=O)N[C@@H](Cc4ccccc4)C(=O)OC)nc3)nc21. The number of benzene rings is 1. The molecule has 3 aromatic heterocycles. The zero-order valence-corrected chi connectivity index (χ0v) is 21.1. The van der Waals surface area contributed by atoms with Gasteiger partial charge in [-0.1, -0.05) is 37.3 Å². The molecule has 0 radical (unpaired) electrons. The van der Waals surface area contributed by atoms with E-state index < -0.39 is 17.9 Å². The summed E-state index contributed by atoms with van der Waals surface area (Å²) in [5, 5.41) is 2.69. The average Bonchev–Trinajstić information content (AvgIpc) is 3.67. The molecule has 0 unspecified atom stereocenters. The maximum Gasteiger partial charge on any atom is 0.333 e. The lowest BCUT2D eigenvalue weighted by Crippen LogP contribution is -2.43. The van der Waals surface area contributed by atoms with Gasteiger partial charge in [0.05, 0.1) is 7.11 Å². The summed E-state index contributed by atoms with van der Waals surface area (Å²) < 4.78 is 7.71. The molecular weight excluding hydrogens is 488 g/mol. The number of imidazole rings is 1. The van der Waals surface area contributed by atoms with Gasteiger partial charge in [0.2, 0.25) is 0 Å². The molecule has 38 heavy (non-hydrogen) atoms. The zero-order chi connectivity index (χ0) is 26.8. The second kappa shape index (κ2) is 10.4. The van der Waals surface area contributed by atoms with Crippen molar-refractivity contribution in [2.24, 2.45) is 0 Å². The Morgan fingerprint density at radius 2 is 1.92 bits per heavy atom. The molecule has 1 saturated carbocycles. The van der Waals surface area contributed by atoms with E-state index in [1.54, 1.807) is 6.07 Å². The fourth-order valence-corrected chi connectivity index (χ4v) is 4.44. The van der Waals surface area contributed by atoms with Crippen LogP contribution in [0.15, 0.2) is 58.3 Å². The van der Waals surface area contributed by atoms with Crippen molar-refractivity contribution in [2.45, 2.75) is 51.2 Å². The van der Waals surface area contributed by atoms with Gasteiger partial charge in [0.25, 0.3) is 11.5 Å². The molecule has 0 spiro atoms. The van der Waals surface area contributed by atoms with Gasteiger partial charge < -0.3 is 15.0 Å². The normalized spacial score (nSPS) is 13.8. The van der Waals surface area contributed by atoms with Crippen molar-refractivity contribution in [1.29, 1.82) is 0 Å². The van der Waals surface area contributed by atoms with E-state index in [1.807, 2.05) is 37.3 Å². The Bertz CT molecular complexity index is 1600. The second-order valence-electron chi connectivity index (χ2n) is 9.30. The zero-order valence-electron chi connectivity index (χ0n) is 21.1. The van der Waals surface area contributed by atoms with E-state index >= 15 is 0 Å². The Morgan fingerprint density at radius 3 is 2.55 bits per heavy atom. The number of amides is 1. The highest BCUT2D eigenvalue weighted by Crippen LogP contribution is 2.32. The van der Waals surface area contributed by atoms with Crippen LogP contribution in [0.1, 0.15) is 48.3 Å². The standard InChI is InChI=1S/C27H28N6O5/c1-3-13-32-23-21(25(35)33(27(32)37)18-10-11-18)30-22(31-23)17-9-12-19(28-15-17)24(34)29-20(26(36)38-2)14-16-7-5-4-6-8-16/h4-9,12,15,18,20H,3,10-11,13-14H2,1-2H3,(H,29,34)(H,30,31)/t20-/m0/s1. The largest absolute Gasteiger partial charge is 0.467 e. The number of hydrogen-bond donors (Lipinski definition) is 2. The minimum Gasteiger partial charge on any atom is -0.467 e. The molecule has 1 atom stereocenters. The number of hydrogen-bond acceptors (Lipinski definition) is 7. The van der Waals surface area contributed by atoms with Crippen molar-refractivity contribution >= 4 is 23.0 Å². The first kappa shape index (κ1) is 25.1. The summed E-state index contributed by atoms with van der Waals surface area (Å²) in [7, 11) is 1.27. The first-order valence-corrected chi connectivity index (χ1v) is 12.5. The fraction of sp³-hybridized carbons (Fsp3) is 0.333. The number of carbonyl (C=O) groups excluding carboxylic acids is 2. The summed E-state index contributed by atoms with van der Waals surface area (Å²) in [5.41, 5.74) is 1.37. The summed E-state index contributed by atoms with van der Waals surface area (Å²) in [5.74, 6) is -0.724. The number of nitrogens with zero attached hydrogens (tertiary/aromatic N) is 4. The molecule has 0 aliphatic heterocycles. The van der Waals surface area contributed by atoms with Crippen LogP contribution < -0.4 is 16.6 Å². The highest BCUT2D eigenvalue weighted by Gasteiger charge is 2.30. The average molecular weight is 517 g/mol. The predicted octanol–water partition coefficient (Wildman–Crippen LogP) is 2.21. The number of pyridine rings is 1. The number of aromatic amines is 1. The smallest absolute Gasteiger partial charge is 0.333 e. The monoisotopic (exact) mass is 516 g/mol. The van der Waals surface area contributed by atoms with Crippen LogP contribution >= 0.6 is 0 Å². The number of aryl methyl sites for hydroxylation is 1. The molecular formula is C27H28N6O5. The lowest BCUT2D eigenvalue weighted by molar-refractivity contribution is -0.142. The van der Waals surface area contributed by atoms with Crippen LogP contribution in [0.25, 0.3) is 22.6 Å². The Kier molecular flexibility index (Phi) is 6.91. The van der Waals surface area contributed by atoms with Gasteiger partial charge in [0.15, 0.2) is 5.65 Å². The molecule has 1 amide bonds. The highest BCUT2D eigenvalue weighted by molar-refractivity contribution is 5.95. The summed E-state index contributed by atoms with van der Waals surface area (Å²) >= 11 is 0. The molecule has 11 nitrogen and oxygen atoms in total. The Morgan fingerprint density at radius 1 is 1.16 bits per heavy atom. The Labute approximate surface area is 217 Å².